The molecule has 0 aliphatic heterocycles. The van der Waals surface area contributed by atoms with Gasteiger partial charge in [0.2, 0.25) is 0 Å². The first kappa shape index (κ1) is 18.4. The van der Waals surface area contributed by atoms with Gasteiger partial charge in [-0.3, -0.25) is 4.79 Å². The van der Waals surface area contributed by atoms with Gasteiger partial charge in [0.1, 0.15) is 6.23 Å². The Morgan fingerprint density at radius 1 is 1.11 bits per heavy atom. The van der Waals surface area contributed by atoms with Crippen LogP contribution in [0.3, 0.4) is 0 Å². The second kappa shape index (κ2) is 6.89. The molecular weight excluding hydrogens is 356 g/mol. The molecule has 4 rings (SSSR count). The van der Waals surface area contributed by atoms with Crippen LogP contribution in [0.15, 0.2) is 53.1 Å². The fourth-order valence-corrected chi connectivity index (χ4v) is 3.61. The smallest absolute Gasteiger partial charge is 0.314 e. The lowest BCUT2D eigenvalue weighted by atomic mass is 9.93. The molecule has 0 radical (unpaired) electrons. The zero-order chi connectivity index (χ0) is 19.9. The number of carboxylic acids is 1. The van der Waals surface area contributed by atoms with Gasteiger partial charge in [-0.1, -0.05) is 53.7 Å². The summed E-state index contributed by atoms with van der Waals surface area (Å²) >= 11 is 0. The zero-order valence-electron chi connectivity index (χ0n) is 15.6. The van der Waals surface area contributed by atoms with Gasteiger partial charge in [0.15, 0.2) is 5.76 Å². The first-order chi connectivity index (χ1) is 13.4. The topological polar surface area (TPSA) is 110 Å². The molecule has 1 saturated carbocycles. The lowest BCUT2D eigenvalue weighted by Gasteiger charge is -2.11. The van der Waals surface area contributed by atoms with E-state index < -0.39 is 17.6 Å². The third-order valence-electron chi connectivity index (χ3n) is 5.48. The Morgan fingerprint density at radius 3 is 2.14 bits per heavy atom. The van der Waals surface area contributed by atoms with E-state index in [1.807, 2.05) is 55.5 Å². The molecule has 1 unspecified atom stereocenters. The Hall–Kier alpha value is -2.96. The second-order valence-electron chi connectivity index (χ2n) is 7.39. The number of rotatable bonds is 6. The van der Waals surface area contributed by atoms with E-state index in [9.17, 15) is 15.0 Å². The van der Waals surface area contributed by atoms with Gasteiger partial charge < -0.3 is 20.5 Å². The normalized spacial score (nSPS) is 16.0. The monoisotopic (exact) mass is 378 g/mol. The lowest BCUT2D eigenvalue weighted by Crippen LogP contribution is -2.21. The number of carboxylic acid groups (broad SMARTS) is 1. The van der Waals surface area contributed by atoms with Crippen molar-refractivity contribution < 1.29 is 19.5 Å². The first-order valence-electron chi connectivity index (χ1n) is 9.24. The van der Waals surface area contributed by atoms with E-state index in [-0.39, 0.29) is 6.42 Å². The fraction of sp³-hybridized carbons (Fsp3) is 0.273. The number of aliphatic carboxylic acids is 1. The number of aliphatic hydroxyl groups is 1. The Bertz CT molecular complexity index is 1000. The minimum atomic E-state index is -0.963. The highest BCUT2D eigenvalue weighted by Crippen LogP contribution is 2.48. The maximum atomic E-state index is 11.5. The predicted octanol–water partition coefficient (Wildman–Crippen LogP) is 3.25. The Labute approximate surface area is 162 Å². The number of nitrogens with zero attached hydrogens (tertiary/aromatic N) is 1. The molecule has 1 fully saturated rings. The van der Waals surface area contributed by atoms with Gasteiger partial charge in [-0.2, -0.15) is 0 Å². The summed E-state index contributed by atoms with van der Waals surface area (Å²) in [6, 6.07) is 15.6. The molecule has 1 aliphatic rings. The van der Waals surface area contributed by atoms with Crippen molar-refractivity contribution >= 4 is 5.97 Å². The van der Waals surface area contributed by atoms with Crippen molar-refractivity contribution in [2.45, 2.75) is 37.8 Å². The van der Waals surface area contributed by atoms with E-state index in [0.717, 1.165) is 27.8 Å². The van der Waals surface area contributed by atoms with Crippen LogP contribution in [-0.2, 0) is 16.6 Å². The predicted molar refractivity (Wildman–Crippen MR) is 105 cm³/mol. The van der Waals surface area contributed by atoms with Crippen LogP contribution in [0.25, 0.3) is 22.5 Å². The van der Waals surface area contributed by atoms with Gasteiger partial charge in [-0.15, -0.1) is 0 Å². The highest BCUT2D eigenvalue weighted by atomic mass is 16.5. The molecule has 1 aliphatic carbocycles. The number of carbonyl (C=O) groups is 1. The fourth-order valence-electron chi connectivity index (χ4n) is 3.61. The van der Waals surface area contributed by atoms with Gasteiger partial charge in [-0.05, 0) is 36.5 Å². The Kier molecular flexibility index (Phi) is 4.53. The first-order valence-corrected chi connectivity index (χ1v) is 9.24. The van der Waals surface area contributed by atoms with Crippen molar-refractivity contribution in [1.29, 1.82) is 0 Å². The molecule has 6 nitrogen and oxygen atoms in total. The molecule has 1 heterocycles. The van der Waals surface area contributed by atoms with Crippen LogP contribution in [0.4, 0.5) is 0 Å². The van der Waals surface area contributed by atoms with Crippen LogP contribution in [0, 0.1) is 6.92 Å². The lowest BCUT2D eigenvalue weighted by molar-refractivity contribution is -0.140. The zero-order valence-corrected chi connectivity index (χ0v) is 15.6. The molecule has 0 amide bonds. The van der Waals surface area contributed by atoms with Crippen molar-refractivity contribution in [3.05, 3.63) is 65.4 Å². The molecule has 2 aromatic carbocycles. The molecule has 28 heavy (non-hydrogen) atoms. The van der Waals surface area contributed by atoms with Crippen LogP contribution in [-0.4, -0.2) is 27.6 Å². The SMILES string of the molecule is Cc1noc(-c2ccc(-c3ccc(C4(C(=O)O)CC4)cc3)cc2)c1CC(N)O. The van der Waals surface area contributed by atoms with E-state index in [1.54, 1.807) is 0 Å². The number of aromatic nitrogens is 1. The average Bonchev–Trinajstić information content (AvgIpc) is 3.43. The van der Waals surface area contributed by atoms with E-state index in [1.165, 1.54) is 0 Å². The molecule has 4 N–H and O–H groups in total. The third kappa shape index (κ3) is 3.21. The Morgan fingerprint density at radius 2 is 1.64 bits per heavy atom. The van der Waals surface area contributed by atoms with E-state index in [4.69, 9.17) is 10.3 Å². The summed E-state index contributed by atoms with van der Waals surface area (Å²) in [6.07, 6.45) is 0.717. The number of aliphatic hydroxyl groups excluding tert-OH is 1. The Balaban J connectivity index is 1.58. The van der Waals surface area contributed by atoms with Gasteiger partial charge in [0.05, 0.1) is 11.1 Å². The van der Waals surface area contributed by atoms with E-state index in [0.29, 0.717) is 24.3 Å². The molecule has 1 atom stereocenters. The summed E-state index contributed by atoms with van der Waals surface area (Å²) in [5.74, 6) is -0.133. The van der Waals surface area contributed by atoms with E-state index in [2.05, 4.69) is 5.16 Å². The second-order valence-corrected chi connectivity index (χ2v) is 7.39. The van der Waals surface area contributed by atoms with Crippen molar-refractivity contribution in [3.8, 4) is 22.5 Å². The molecular formula is C22H22N2O4. The van der Waals surface area contributed by atoms with Gasteiger partial charge in [-0.25, -0.2) is 0 Å². The number of aryl methyl sites for hydroxylation is 1. The summed E-state index contributed by atoms with van der Waals surface area (Å²) in [5.41, 5.74) is 10.1. The maximum Gasteiger partial charge on any atom is 0.314 e. The van der Waals surface area contributed by atoms with Gasteiger partial charge in [0.25, 0.3) is 0 Å². The van der Waals surface area contributed by atoms with Crippen molar-refractivity contribution in [1.82, 2.24) is 5.16 Å². The molecule has 144 valence electrons. The van der Waals surface area contributed by atoms with Gasteiger partial charge >= 0.3 is 5.97 Å². The van der Waals surface area contributed by atoms with Crippen molar-refractivity contribution in [3.63, 3.8) is 0 Å². The third-order valence-corrected chi connectivity index (χ3v) is 5.48. The van der Waals surface area contributed by atoms with Crippen LogP contribution in [0.1, 0.15) is 29.7 Å². The summed E-state index contributed by atoms with van der Waals surface area (Å²) in [6.45, 7) is 1.82. The molecule has 1 aromatic heterocycles. The summed E-state index contributed by atoms with van der Waals surface area (Å²) in [5, 5.41) is 22.9. The molecule has 0 spiro atoms. The highest BCUT2D eigenvalue weighted by molar-refractivity contribution is 5.85. The van der Waals surface area contributed by atoms with Crippen molar-refractivity contribution in [2.24, 2.45) is 5.73 Å². The molecule has 3 aromatic rings. The quantitative estimate of drug-likeness (QED) is 0.568. The average molecular weight is 378 g/mol. The maximum absolute atomic E-state index is 11.5. The summed E-state index contributed by atoms with van der Waals surface area (Å²) in [7, 11) is 0. The van der Waals surface area contributed by atoms with Crippen molar-refractivity contribution in [2.75, 3.05) is 0 Å². The standard InChI is InChI=1S/C22H22N2O4/c1-13-18(12-19(23)25)20(28-24-13)16-4-2-14(3-5-16)15-6-8-17(9-7-15)22(10-11-22)21(26)27/h2-9,19,25H,10-12,23H2,1H3,(H,26,27). The number of nitrogens with two attached hydrogens (primary N) is 1. The van der Waals surface area contributed by atoms with Crippen LogP contribution in [0.2, 0.25) is 0 Å². The summed E-state index contributed by atoms with van der Waals surface area (Å²) in [4.78, 5) is 11.5. The number of hydrogen-bond donors (Lipinski definition) is 3. The largest absolute Gasteiger partial charge is 0.481 e. The summed E-state index contributed by atoms with van der Waals surface area (Å²) < 4.78 is 5.44. The number of hydrogen-bond acceptors (Lipinski definition) is 5. The number of benzene rings is 2. The minimum absolute atomic E-state index is 0.277. The molecule has 0 bridgehead atoms. The van der Waals surface area contributed by atoms with Crippen LogP contribution < -0.4 is 5.73 Å². The highest BCUT2D eigenvalue weighted by Gasteiger charge is 2.51. The van der Waals surface area contributed by atoms with Gasteiger partial charge in [0, 0.05) is 17.5 Å². The minimum Gasteiger partial charge on any atom is -0.481 e. The van der Waals surface area contributed by atoms with Crippen LogP contribution >= 0.6 is 0 Å². The van der Waals surface area contributed by atoms with E-state index >= 15 is 0 Å². The molecule has 6 heteroatoms. The molecule has 0 saturated heterocycles. The van der Waals surface area contributed by atoms with Crippen LogP contribution in [0.5, 0.6) is 0 Å².